The monoisotopic (exact) mass is 373 g/mol. The molecule has 5 rings (SSSR count). The molecule has 1 N–H and O–H groups in total. The van der Waals surface area contributed by atoms with Gasteiger partial charge in [0.15, 0.2) is 0 Å². The summed E-state index contributed by atoms with van der Waals surface area (Å²) in [5.41, 5.74) is 2.71. The lowest BCUT2D eigenvalue weighted by Crippen LogP contribution is -2.53. The van der Waals surface area contributed by atoms with Crippen molar-refractivity contribution in [2.75, 3.05) is 30.0 Å². The van der Waals surface area contributed by atoms with E-state index < -0.39 is 0 Å². The molecule has 0 bridgehead atoms. The maximum absolute atomic E-state index is 6.72. The highest BCUT2D eigenvalue weighted by Gasteiger charge is 2.42. The molecular weight excluding hydrogens is 342 g/mol. The van der Waals surface area contributed by atoms with Gasteiger partial charge in [0.05, 0.1) is 18.0 Å². The smallest absolute Gasteiger partial charge is 0.0880 e. The van der Waals surface area contributed by atoms with E-state index in [1.807, 2.05) is 0 Å². The zero-order valence-corrected chi connectivity index (χ0v) is 16.5. The lowest BCUT2D eigenvalue weighted by molar-refractivity contribution is 0.0287. The first-order valence-corrected chi connectivity index (χ1v) is 11.2. The van der Waals surface area contributed by atoms with E-state index in [0.717, 1.165) is 24.5 Å². The molecule has 3 fully saturated rings. The van der Waals surface area contributed by atoms with Crippen molar-refractivity contribution in [3.05, 3.63) is 24.3 Å². The Labute approximate surface area is 163 Å². The van der Waals surface area contributed by atoms with Gasteiger partial charge in [-0.05, 0) is 62.5 Å². The molecule has 4 aliphatic rings. The molecule has 0 radical (unpaired) electrons. The molecule has 0 amide bonds. The Bertz CT molecular complexity index is 628. The Hall–Kier alpha value is -0.930. The Kier molecular flexibility index (Phi) is 4.78. The number of benzene rings is 1. The van der Waals surface area contributed by atoms with Crippen LogP contribution in [0.4, 0.5) is 11.4 Å². The number of nitrogens with one attached hydrogen (secondary N) is 1. The number of hydrogen-bond donors (Lipinski definition) is 1. The minimum Gasteiger partial charge on any atom is -0.366 e. The van der Waals surface area contributed by atoms with Crippen molar-refractivity contribution in [2.45, 2.75) is 68.8 Å². The van der Waals surface area contributed by atoms with Crippen LogP contribution in [0.25, 0.3) is 0 Å². The first-order chi connectivity index (χ1) is 12.8. The molecule has 142 valence electrons. The zero-order chi connectivity index (χ0) is 17.5. The molecule has 3 nitrogen and oxygen atoms in total. The van der Waals surface area contributed by atoms with E-state index in [1.165, 1.54) is 75.8 Å². The highest BCUT2D eigenvalue weighted by molar-refractivity contribution is 6.20. The minimum absolute atomic E-state index is 0.446. The van der Waals surface area contributed by atoms with Crippen LogP contribution in [0.1, 0.15) is 51.4 Å². The van der Waals surface area contributed by atoms with Crippen molar-refractivity contribution in [3.63, 3.8) is 0 Å². The van der Waals surface area contributed by atoms with E-state index in [-0.39, 0.29) is 0 Å². The third-order valence-electron chi connectivity index (χ3n) is 7.63. The summed E-state index contributed by atoms with van der Waals surface area (Å²) in [7, 11) is 0. The van der Waals surface area contributed by atoms with E-state index >= 15 is 0 Å². The summed E-state index contributed by atoms with van der Waals surface area (Å²) in [6, 6.07) is 10.3. The lowest BCUT2D eigenvalue weighted by atomic mass is 9.67. The SMILES string of the molecule is ClC1CCCC2C1CCCC2N1CCC(N2CNc3ccccc32)CC1. The Balaban J connectivity index is 1.23. The van der Waals surface area contributed by atoms with Crippen LogP contribution in [0, 0.1) is 11.8 Å². The van der Waals surface area contributed by atoms with Crippen LogP contribution >= 0.6 is 11.6 Å². The number of alkyl halides is 1. The number of likely N-dealkylation sites (tertiary alicyclic amines) is 1. The van der Waals surface area contributed by atoms with Crippen molar-refractivity contribution in [2.24, 2.45) is 11.8 Å². The van der Waals surface area contributed by atoms with Gasteiger partial charge in [0.1, 0.15) is 0 Å². The van der Waals surface area contributed by atoms with Crippen molar-refractivity contribution < 1.29 is 0 Å². The zero-order valence-electron chi connectivity index (χ0n) is 15.7. The van der Waals surface area contributed by atoms with Crippen molar-refractivity contribution >= 4 is 23.0 Å². The third-order valence-corrected chi connectivity index (χ3v) is 8.17. The number of halogens is 1. The average Bonchev–Trinajstić information content (AvgIpc) is 3.12. The van der Waals surface area contributed by atoms with Crippen LogP contribution in [0.3, 0.4) is 0 Å². The summed E-state index contributed by atoms with van der Waals surface area (Å²) in [5.74, 6) is 1.65. The standard InChI is InChI=1S/C22H32ClN3/c23-19-7-3-6-18-17(19)5-4-10-21(18)25-13-11-16(12-14-25)26-15-24-20-8-1-2-9-22(20)26/h1-2,8-9,16-19,21,24H,3-7,10-15H2. The number of fused-ring (bicyclic) bond motifs is 2. The maximum atomic E-state index is 6.72. The average molecular weight is 374 g/mol. The van der Waals surface area contributed by atoms with Gasteiger partial charge < -0.3 is 10.2 Å². The highest BCUT2D eigenvalue weighted by Crippen LogP contribution is 2.45. The summed E-state index contributed by atoms with van der Waals surface area (Å²) < 4.78 is 0. The van der Waals surface area contributed by atoms with Gasteiger partial charge in [-0.25, -0.2) is 0 Å². The van der Waals surface area contributed by atoms with Gasteiger partial charge in [-0.15, -0.1) is 11.6 Å². The second-order valence-corrected chi connectivity index (χ2v) is 9.42. The van der Waals surface area contributed by atoms with Crippen molar-refractivity contribution in [1.29, 1.82) is 0 Å². The van der Waals surface area contributed by atoms with Crippen LogP contribution in [0.15, 0.2) is 24.3 Å². The molecule has 1 aromatic carbocycles. The molecule has 2 aliphatic heterocycles. The number of piperidine rings is 1. The van der Waals surface area contributed by atoms with Crippen LogP contribution < -0.4 is 10.2 Å². The largest absolute Gasteiger partial charge is 0.366 e. The minimum atomic E-state index is 0.446. The van der Waals surface area contributed by atoms with Crippen LogP contribution in [0.5, 0.6) is 0 Å². The predicted octanol–water partition coefficient (Wildman–Crippen LogP) is 4.92. The van der Waals surface area contributed by atoms with Gasteiger partial charge >= 0.3 is 0 Å². The molecule has 0 spiro atoms. The van der Waals surface area contributed by atoms with E-state index in [9.17, 15) is 0 Å². The van der Waals surface area contributed by atoms with Crippen molar-refractivity contribution in [1.82, 2.24) is 4.90 Å². The van der Waals surface area contributed by atoms with Gasteiger partial charge in [0.2, 0.25) is 0 Å². The molecular formula is C22H32ClN3. The van der Waals surface area contributed by atoms with Gasteiger partial charge in [0, 0.05) is 30.6 Å². The molecule has 1 aromatic rings. The van der Waals surface area contributed by atoms with Gasteiger partial charge in [-0.1, -0.05) is 25.0 Å². The summed E-state index contributed by atoms with van der Waals surface area (Å²) in [6.45, 7) is 3.51. The second kappa shape index (κ2) is 7.24. The molecule has 2 heterocycles. The number of hydrogen-bond acceptors (Lipinski definition) is 3. The van der Waals surface area contributed by atoms with Crippen molar-refractivity contribution in [3.8, 4) is 0 Å². The molecule has 26 heavy (non-hydrogen) atoms. The quantitative estimate of drug-likeness (QED) is 0.742. The fourth-order valence-electron chi connectivity index (χ4n) is 6.33. The molecule has 2 saturated carbocycles. The molecule has 0 aromatic heterocycles. The summed E-state index contributed by atoms with van der Waals surface area (Å²) in [4.78, 5) is 5.45. The van der Waals surface area contributed by atoms with E-state index in [1.54, 1.807) is 0 Å². The molecule has 4 unspecified atom stereocenters. The van der Waals surface area contributed by atoms with E-state index in [4.69, 9.17) is 11.6 Å². The molecule has 4 atom stereocenters. The summed E-state index contributed by atoms with van der Waals surface area (Å²) in [5, 5.41) is 4.01. The van der Waals surface area contributed by atoms with Gasteiger partial charge in [-0.3, -0.25) is 4.90 Å². The fourth-order valence-corrected chi connectivity index (χ4v) is 6.80. The fraction of sp³-hybridized carbons (Fsp3) is 0.727. The second-order valence-electron chi connectivity index (χ2n) is 8.86. The van der Waals surface area contributed by atoms with Crippen LogP contribution in [-0.2, 0) is 0 Å². The maximum Gasteiger partial charge on any atom is 0.0880 e. The Morgan fingerprint density at radius 2 is 1.65 bits per heavy atom. The predicted molar refractivity (Wildman–Crippen MR) is 110 cm³/mol. The summed E-state index contributed by atoms with van der Waals surface area (Å²) >= 11 is 6.72. The normalized spacial score (nSPS) is 35.7. The van der Waals surface area contributed by atoms with E-state index in [0.29, 0.717) is 11.4 Å². The van der Waals surface area contributed by atoms with Gasteiger partial charge in [0.25, 0.3) is 0 Å². The molecule has 2 aliphatic carbocycles. The molecule has 1 saturated heterocycles. The first-order valence-electron chi connectivity index (χ1n) is 10.8. The van der Waals surface area contributed by atoms with Crippen LogP contribution in [-0.4, -0.2) is 42.1 Å². The number of anilines is 2. The third kappa shape index (κ3) is 3.01. The highest BCUT2D eigenvalue weighted by atomic mass is 35.5. The van der Waals surface area contributed by atoms with E-state index in [2.05, 4.69) is 39.4 Å². The number of nitrogens with zero attached hydrogens (tertiary/aromatic N) is 2. The van der Waals surface area contributed by atoms with Crippen LogP contribution in [0.2, 0.25) is 0 Å². The number of para-hydroxylation sites is 2. The first kappa shape index (κ1) is 17.2. The lowest BCUT2D eigenvalue weighted by Gasteiger charge is -2.50. The van der Waals surface area contributed by atoms with Gasteiger partial charge in [-0.2, -0.15) is 0 Å². The topological polar surface area (TPSA) is 18.5 Å². The molecule has 4 heteroatoms. The summed E-state index contributed by atoms with van der Waals surface area (Å²) in [6.07, 6.45) is 10.8. The Morgan fingerprint density at radius 3 is 2.54 bits per heavy atom. The Morgan fingerprint density at radius 1 is 0.885 bits per heavy atom. The number of rotatable bonds is 2.